The van der Waals surface area contributed by atoms with Gasteiger partial charge in [-0.3, -0.25) is 0 Å². The number of carbonyl (C=O) groups is 1. The van der Waals surface area contributed by atoms with Crippen molar-refractivity contribution >= 4 is 22.6 Å². The van der Waals surface area contributed by atoms with Crippen molar-refractivity contribution in [2.24, 2.45) is 0 Å². The van der Waals surface area contributed by atoms with Crippen molar-refractivity contribution in [3.63, 3.8) is 0 Å². The number of aliphatic hydroxyl groups is 1. The van der Waals surface area contributed by atoms with Crippen LogP contribution in [0.4, 0.5) is 5.82 Å². The van der Waals surface area contributed by atoms with E-state index in [1.54, 1.807) is 6.07 Å². The molecule has 2 N–H and O–H groups in total. The molecule has 1 aliphatic heterocycles. The van der Waals surface area contributed by atoms with Gasteiger partial charge in [0.15, 0.2) is 0 Å². The van der Waals surface area contributed by atoms with Gasteiger partial charge in [0.05, 0.1) is 18.2 Å². The minimum atomic E-state index is -0.972. The average Bonchev–Trinajstić information content (AvgIpc) is 2.94. The molecule has 0 amide bonds. The van der Waals surface area contributed by atoms with Gasteiger partial charge in [0, 0.05) is 23.5 Å². The number of aliphatic hydroxyl groups excluding tert-OH is 1. The Hall–Kier alpha value is -2.14. The maximum Gasteiger partial charge on any atom is 0.337 e. The lowest BCUT2D eigenvalue weighted by molar-refractivity contribution is 0.0698. The van der Waals surface area contributed by atoms with E-state index in [0.717, 1.165) is 30.6 Å². The van der Waals surface area contributed by atoms with Crippen LogP contribution in [0.15, 0.2) is 30.5 Å². The molecule has 1 fully saturated rings. The maximum atomic E-state index is 11.3. The number of hydrogen-bond acceptors (Lipinski definition) is 4. The first kappa shape index (κ1) is 12.9. The first-order chi connectivity index (χ1) is 9.72. The summed E-state index contributed by atoms with van der Waals surface area (Å²) in [6.45, 7) is 0.936. The fourth-order valence-corrected chi connectivity index (χ4v) is 2.88. The highest BCUT2D eigenvalue weighted by molar-refractivity contribution is 6.06. The van der Waals surface area contributed by atoms with Gasteiger partial charge in [0.25, 0.3) is 0 Å². The Morgan fingerprint density at radius 3 is 2.80 bits per heavy atom. The Balaban J connectivity index is 2.18. The van der Waals surface area contributed by atoms with E-state index in [1.165, 1.54) is 6.20 Å². The number of aromatic carboxylic acids is 1. The number of benzene rings is 1. The standard InChI is InChI=1S/C15H16N2O3/c18-9-10-4-3-7-17(10)14-12-6-2-1-5-11(12)13(8-16-14)15(19)20/h1-2,5-6,8,10,18H,3-4,7,9H2,(H,19,20). The van der Waals surface area contributed by atoms with E-state index < -0.39 is 5.97 Å². The molecular weight excluding hydrogens is 256 g/mol. The van der Waals surface area contributed by atoms with Crippen LogP contribution in [0.3, 0.4) is 0 Å². The van der Waals surface area contributed by atoms with Gasteiger partial charge < -0.3 is 15.1 Å². The Morgan fingerprint density at radius 1 is 1.35 bits per heavy atom. The molecule has 0 saturated carbocycles. The molecule has 3 rings (SSSR count). The van der Waals surface area contributed by atoms with E-state index in [-0.39, 0.29) is 18.2 Å². The maximum absolute atomic E-state index is 11.3. The van der Waals surface area contributed by atoms with Crippen molar-refractivity contribution in [3.8, 4) is 0 Å². The first-order valence-corrected chi connectivity index (χ1v) is 6.71. The van der Waals surface area contributed by atoms with Crippen LogP contribution in [0.5, 0.6) is 0 Å². The molecule has 20 heavy (non-hydrogen) atoms. The Kier molecular flexibility index (Phi) is 3.28. The van der Waals surface area contributed by atoms with E-state index in [4.69, 9.17) is 0 Å². The number of carboxylic acids is 1. The Bertz CT molecular complexity index is 657. The van der Waals surface area contributed by atoms with Crippen LogP contribution >= 0.6 is 0 Å². The van der Waals surface area contributed by atoms with Crippen LogP contribution in [0.2, 0.25) is 0 Å². The largest absolute Gasteiger partial charge is 0.478 e. The summed E-state index contributed by atoms with van der Waals surface area (Å²) in [6, 6.07) is 7.46. The van der Waals surface area contributed by atoms with Crippen LogP contribution in [0.25, 0.3) is 10.8 Å². The lowest BCUT2D eigenvalue weighted by atomic mass is 10.1. The first-order valence-electron chi connectivity index (χ1n) is 6.71. The quantitative estimate of drug-likeness (QED) is 0.892. The van der Waals surface area contributed by atoms with Gasteiger partial charge in [0.2, 0.25) is 0 Å². The second kappa shape index (κ2) is 5.09. The third-order valence-electron chi connectivity index (χ3n) is 3.86. The summed E-state index contributed by atoms with van der Waals surface area (Å²) in [4.78, 5) is 17.7. The second-order valence-corrected chi connectivity index (χ2v) is 5.02. The molecular formula is C15H16N2O3. The van der Waals surface area contributed by atoms with Crippen LogP contribution in [-0.2, 0) is 0 Å². The number of pyridine rings is 1. The third-order valence-corrected chi connectivity index (χ3v) is 3.86. The molecule has 1 aliphatic rings. The molecule has 0 spiro atoms. The Morgan fingerprint density at radius 2 is 2.10 bits per heavy atom. The molecule has 0 radical (unpaired) electrons. The highest BCUT2D eigenvalue weighted by Gasteiger charge is 2.27. The lowest BCUT2D eigenvalue weighted by Crippen LogP contribution is -2.33. The summed E-state index contributed by atoms with van der Waals surface area (Å²) < 4.78 is 0. The van der Waals surface area contributed by atoms with Gasteiger partial charge in [-0.15, -0.1) is 0 Å². The van der Waals surface area contributed by atoms with Crippen molar-refractivity contribution < 1.29 is 15.0 Å². The number of anilines is 1. The van der Waals surface area contributed by atoms with E-state index >= 15 is 0 Å². The number of rotatable bonds is 3. The molecule has 1 atom stereocenters. The summed E-state index contributed by atoms with van der Waals surface area (Å²) in [5, 5.41) is 20.2. The Labute approximate surface area is 116 Å². The van der Waals surface area contributed by atoms with E-state index in [9.17, 15) is 15.0 Å². The molecule has 1 saturated heterocycles. The van der Waals surface area contributed by atoms with Crippen molar-refractivity contribution in [1.29, 1.82) is 0 Å². The summed E-state index contributed by atoms with van der Waals surface area (Å²) in [6.07, 6.45) is 3.36. The highest BCUT2D eigenvalue weighted by atomic mass is 16.4. The molecule has 1 aromatic heterocycles. The molecule has 0 bridgehead atoms. The normalized spacial score (nSPS) is 18.6. The molecule has 1 unspecified atom stereocenters. The van der Waals surface area contributed by atoms with Gasteiger partial charge in [-0.05, 0) is 12.8 Å². The monoisotopic (exact) mass is 272 g/mol. The second-order valence-electron chi connectivity index (χ2n) is 5.02. The minimum Gasteiger partial charge on any atom is -0.478 e. The van der Waals surface area contributed by atoms with Crippen LogP contribution in [0.1, 0.15) is 23.2 Å². The number of aromatic nitrogens is 1. The topological polar surface area (TPSA) is 73.7 Å². The van der Waals surface area contributed by atoms with Gasteiger partial charge in [-0.1, -0.05) is 24.3 Å². The zero-order chi connectivity index (χ0) is 14.1. The fraction of sp³-hybridized carbons (Fsp3) is 0.333. The number of nitrogens with zero attached hydrogens (tertiary/aromatic N) is 2. The van der Waals surface area contributed by atoms with Crippen LogP contribution in [-0.4, -0.2) is 40.4 Å². The number of carboxylic acid groups (broad SMARTS) is 1. The molecule has 5 nitrogen and oxygen atoms in total. The third kappa shape index (κ3) is 2.00. The predicted molar refractivity (Wildman–Crippen MR) is 76.2 cm³/mol. The molecule has 1 aromatic carbocycles. The average molecular weight is 272 g/mol. The molecule has 0 aliphatic carbocycles. The summed E-state index contributed by atoms with van der Waals surface area (Å²) in [5.74, 6) is -0.206. The number of hydrogen-bond donors (Lipinski definition) is 2. The van der Waals surface area contributed by atoms with Crippen LogP contribution in [0, 0.1) is 0 Å². The minimum absolute atomic E-state index is 0.0709. The van der Waals surface area contributed by atoms with Crippen molar-refractivity contribution in [2.75, 3.05) is 18.1 Å². The van der Waals surface area contributed by atoms with Gasteiger partial charge in [-0.25, -0.2) is 9.78 Å². The summed E-state index contributed by atoms with van der Waals surface area (Å²) in [7, 11) is 0. The zero-order valence-electron chi connectivity index (χ0n) is 11.0. The van der Waals surface area contributed by atoms with Crippen LogP contribution < -0.4 is 4.90 Å². The lowest BCUT2D eigenvalue weighted by Gasteiger charge is -2.25. The fourth-order valence-electron chi connectivity index (χ4n) is 2.88. The zero-order valence-corrected chi connectivity index (χ0v) is 11.0. The van der Waals surface area contributed by atoms with Crippen molar-refractivity contribution in [3.05, 3.63) is 36.0 Å². The molecule has 2 aromatic rings. The summed E-state index contributed by atoms with van der Waals surface area (Å²) >= 11 is 0. The van der Waals surface area contributed by atoms with Gasteiger partial charge in [0.1, 0.15) is 5.82 Å². The smallest absolute Gasteiger partial charge is 0.337 e. The molecule has 5 heteroatoms. The summed E-state index contributed by atoms with van der Waals surface area (Å²) in [5.41, 5.74) is 0.212. The predicted octanol–water partition coefficient (Wildman–Crippen LogP) is 1.89. The van der Waals surface area contributed by atoms with E-state index in [1.807, 2.05) is 18.2 Å². The van der Waals surface area contributed by atoms with Crippen molar-refractivity contribution in [1.82, 2.24) is 4.98 Å². The molecule has 104 valence electrons. The highest BCUT2D eigenvalue weighted by Crippen LogP contribution is 2.31. The van der Waals surface area contributed by atoms with Gasteiger partial charge >= 0.3 is 5.97 Å². The van der Waals surface area contributed by atoms with E-state index in [2.05, 4.69) is 9.88 Å². The number of fused-ring (bicyclic) bond motifs is 1. The van der Waals surface area contributed by atoms with Crippen molar-refractivity contribution in [2.45, 2.75) is 18.9 Å². The van der Waals surface area contributed by atoms with E-state index in [0.29, 0.717) is 5.39 Å². The van der Waals surface area contributed by atoms with Gasteiger partial charge in [-0.2, -0.15) is 0 Å². The molecule has 2 heterocycles. The SMILES string of the molecule is O=C(O)c1cnc(N2CCCC2CO)c2ccccc12.